The summed E-state index contributed by atoms with van der Waals surface area (Å²) in [6, 6.07) is 3.17. The first-order chi connectivity index (χ1) is 10.1. The van der Waals surface area contributed by atoms with Gasteiger partial charge in [0.05, 0.1) is 13.2 Å². The summed E-state index contributed by atoms with van der Waals surface area (Å²) in [7, 11) is -1.97. The van der Waals surface area contributed by atoms with E-state index >= 15 is 0 Å². The van der Waals surface area contributed by atoms with Crippen molar-refractivity contribution < 1.29 is 17.6 Å². The third-order valence-electron chi connectivity index (χ3n) is 2.82. The van der Waals surface area contributed by atoms with Gasteiger partial charge in [-0.1, -0.05) is 13.0 Å². The molecule has 21 heavy (non-hydrogen) atoms. The van der Waals surface area contributed by atoms with Crippen LogP contribution >= 0.6 is 0 Å². The van der Waals surface area contributed by atoms with Crippen molar-refractivity contribution in [2.45, 2.75) is 25.0 Å². The second-order valence-electron chi connectivity index (χ2n) is 4.54. The summed E-state index contributed by atoms with van der Waals surface area (Å²) in [6.07, 6.45) is 2.31. The topological polar surface area (TPSA) is 71.8 Å². The smallest absolute Gasteiger partial charge is 0.276 e. The van der Waals surface area contributed by atoms with E-state index in [1.165, 1.54) is 10.4 Å². The average molecular weight is 316 g/mol. The summed E-state index contributed by atoms with van der Waals surface area (Å²) in [4.78, 5) is 0. The molecule has 120 valence electrons. The van der Waals surface area contributed by atoms with Gasteiger partial charge in [0, 0.05) is 26.7 Å². The molecule has 0 aliphatic heterocycles. The van der Waals surface area contributed by atoms with E-state index in [9.17, 15) is 8.42 Å². The molecule has 1 aromatic rings. The molecular formula is C14H24N2O4S. The van der Waals surface area contributed by atoms with E-state index in [0.717, 1.165) is 6.42 Å². The molecule has 0 radical (unpaired) electrons. The van der Waals surface area contributed by atoms with Crippen LogP contribution < -0.4 is 5.32 Å². The number of nitrogens with zero attached hydrogens (tertiary/aromatic N) is 1. The Morgan fingerprint density at radius 1 is 1.48 bits per heavy atom. The van der Waals surface area contributed by atoms with Crippen LogP contribution in [0.4, 0.5) is 0 Å². The lowest BCUT2D eigenvalue weighted by molar-refractivity contribution is 0.198. The van der Waals surface area contributed by atoms with Crippen molar-refractivity contribution in [3.8, 4) is 0 Å². The predicted octanol–water partition coefficient (Wildman–Crippen LogP) is 1.60. The summed E-state index contributed by atoms with van der Waals surface area (Å²) in [5.74, 6) is 0.583. The first-order valence-electron chi connectivity index (χ1n) is 6.95. The first kappa shape index (κ1) is 17.9. The van der Waals surface area contributed by atoms with Gasteiger partial charge in [-0.2, -0.15) is 4.31 Å². The second kappa shape index (κ2) is 8.99. The normalized spacial score (nSPS) is 12.0. The maximum absolute atomic E-state index is 12.4. The van der Waals surface area contributed by atoms with Gasteiger partial charge < -0.3 is 14.5 Å². The average Bonchev–Trinajstić information content (AvgIpc) is 2.93. The molecule has 1 rings (SSSR count). The fourth-order valence-corrected chi connectivity index (χ4v) is 3.24. The molecule has 0 aliphatic carbocycles. The zero-order valence-corrected chi connectivity index (χ0v) is 13.5. The molecule has 0 saturated heterocycles. The van der Waals surface area contributed by atoms with E-state index in [2.05, 4.69) is 11.9 Å². The van der Waals surface area contributed by atoms with Gasteiger partial charge in [-0.3, -0.25) is 0 Å². The molecule has 0 aromatic carbocycles. The standard InChI is InChI=1S/C14H24N2O4S/c1-4-9-16(10-5-2)21(17,18)14-7-6-13(20-14)12-15-8-11-19-3/h4,6-7,15H,1,5,8-12H2,2-3H3. The van der Waals surface area contributed by atoms with Gasteiger partial charge in [-0.15, -0.1) is 6.58 Å². The van der Waals surface area contributed by atoms with Crippen molar-refractivity contribution in [1.29, 1.82) is 0 Å². The van der Waals surface area contributed by atoms with Crippen molar-refractivity contribution in [3.05, 3.63) is 30.5 Å². The highest BCUT2D eigenvalue weighted by Crippen LogP contribution is 2.19. The molecule has 0 unspecified atom stereocenters. The summed E-state index contributed by atoms with van der Waals surface area (Å²) in [6.45, 7) is 7.98. The molecule has 1 N–H and O–H groups in total. The van der Waals surface area contributed by atoms with Gasteiger partial charge in [0.25, 0.3) is 10.0 Å². The van der Waals surface area contributed by atoms with E-state index < -0.39 is 10.0 Å². The largest absolute Gasteiger partial charge is 0.447 e. The fraction of sp³-hybridized carbons (Fsp3) is 0.571. The minimum Gasteiger partial charge on any atom is -0.447 e. The second-order valence-corrected chi connectivity index (χ2v) is 6.41. The van der Waals surface area contributed by atoms with Crippen LogP contribution in [-0.2, 0) is 21.3 Å². The lowest BCUT2D eigenvalue weighted by Gasteiger charge is -2.18. The Labute approximate surface area is 126 Å². The Morgan fingerprint density at radius 3 is 2.86 bits per heavy atom. The van der Waals surface area contributed by atoms with E-state index in [1.54, 1.807) is 19.3 Å². The number of furan rings is 1. The summed E-state index contributed by atoms with van der Waals surface area (Å²) >= 11 is 0. The zero-order valence-electron chi connectivity index (χ0n) is 12.7. The molecule has 0 fully saturated rings. The SMILES string of the molecule is C=CCN(CCC)S(=O)(=O)c1ccc(CNCCOC)o1. The Kier molecular flexibility index (Phi) is 7.66. The van der Waals surface area contributed by atoms with Crippen molar-refractivity contribution >= 4 is 10.0 Å². The molecule has 0 atom stereocenters. The molecular weight excluding hydrogens is 292 g/mol. The molecule has 7 heteroatoms. The van der Waals surface area contributed by atoms with Crippen molar-refractivity contribution in [3.63, 3.8) is 0 Å². The van der Waals surface area contributed by atoms with E-state index in [1.807, 2.05) is 6.92 Å². The highest BCUT2D eigenvalue weighted by molar-refractivity contribution is 7.89. The fourth-order valence-electron chi connectivity index (χ4n) is 1.81. The molecule has 6 nitrogen and oxygen atoms in total. The van der Waals surface area contributed by atoms with E-state index in [0.29, 0.717) is 32.0 Å². The third-order valence-corrected chi connectivity index (χ3v) is 4.56. The van der Waals surface area contributed by atoms with Gasteiger partial charge in [-0.05, 0) is 18.6 Å². The minimum absolute atomic E-state index is 0.0265. The minimum atomic E-state index is -3.60. The number of ether oxygens (including phenoxy) is 1. The zero-order chi connectivity index (χ0) is 15.7. The van der Waals surface area contributed by atoms with Gasteiger partial charge in [0.15, 0.2) is 0 Å². The summed E-state index contributed by atoms with van der Waals surface area (Å²) in [5, 5.41) is 3.08. The monoisotopic (exact) mass is 316 g/mol. The van der Waals surface area contributed by atoms with E-state index in [-0.39, 0.29) is 11.6 Å². The van der Waals surface area contributed by atoms with Crippen LogP contribution in [0.15, 0.2) is 34.3 Å². The maximum atomic E-state index is 12.4. The first-order valence-corrected chi connectivity index (χ1v) is 8.39. The van der Waals surface area contributed by atoms with E-state index in [4.69, 9.17) is 9.15 Å². The number of hydrogen-bond donors (Lipinski definition) is 1. The predicted molar refractivity (Wildman–Crippen MR) is 81.5 cm³/mol. The number of rotatable bonds is 11. The quantitative estimate of drug-likeness (QED) is 0.496. The molecule has 0 spiro atoms. The molecule has 1 aromatic heterocycles. The van der Waals surface area contributed by atoms with Crippen molar-refractivity contribution in [2.24, 2.45) is 0 Å². The van der Waals surface area contributed by atoms with Gasteiger partial charge in [0.2, 0.25) is 5.09 Å². The van der Waals surface area contributed by atoms with Gasteiger partial charge in [-0.25, -0.2) is 8.42 Å². The van der Waals surface area contributed by atoms with Crippen LogP contribution in [0, 0.1) is 0 Å². The number of nitrogens with one attached hydrogen (secondary N) is 1. The van der Waals surface area contributed by atoms with Crippen molar-refractivity contribution in [1.82, 2.24) is 9.62 Å². The summed E-state index contributed by atoms with van der Waals surface area (Å²) in [5.41, 5.74) is 0. The Bertz CT molecular complexity index is 525. The third kappa shape index (κ3) is 5.28. The molecule has 0 bridgehead atoms. The van der Waals surface area contributed by atoms with Crippen LogP contribution in [0.1, 0.15) is 19.1 Å². The van der Waals surface area contributed by atoms with Crippen LogP contribution in [-0.4, -0.2) is 46.1 Å². The maximum Gasteiger partial charge on any atom is 0.276 e. The number of hydrogen-bond acceptors (Lipinski definition) is 5. The Hall–Kier alpha value is -1.15. The van der Waals surface area contributed by atoms with Crippen LogP contribution in [0.3, 0.4) is 0 Å². The highest BCUT2D eigenvalue weighted by atomic mass is 32.2. The van der Waals surface area contributed by atoms with Gasteiger partial charge >= 0.3 is 0 Å². The van der Waals surface area contributed by atoms with Crippen LogP contribution in [0.25, 0.3) is 0 Å². The summed E-state index contributed by atoms with van der Waals surface area (Å²) < 4.78 is 36.6. The van der Waals surface area contributed by atoms with Crippen molar-refractivity contribution in [2.75, 3.05) is 33.4 Å². The molecule has 0 amide bonds. The number of methoxy groups -OCH3 is 1. The Morgan fingerprint density at radius 2 is 2.24 bits per heavy atom. The Balaban J connectivity index is 2.74. The highest BCUT2D eigenvalue weighted by Gasteiger charge is 2.26. The van der Waals surface area contributed by atoms with Crippen LogP contribution in [0.5, 0.6) is 0 Å². The lowest BCUT2D eigenvalue weighted by Crippen LogP contribution is -2.31. The molecule has 0 saturated carbocycles. The van der Waals surface area contributed by atoms with Crippen LogP contribution in [0.2, 0.25) is 0 Å². The lowest BCUT2D eigenvalue weighted by atomic mass is 10.4. The van der Waals surface area contributed by atoms with Gasteiger partial charge in [0.1, 0.15) is 5.76 Å². The molecule has 0 aliphatic rings. The number of sulfonamides is 1. The molecule has 1 heterocycles.